The lowest BCUT2D eigenvalue weighted by atomic mass is 9.90. The van der Waals surface area contributed by atoms with E-state index in [0.717, 1.165) is 17.2 Å². The van der Waals surface area contributed by atoms with Gasteiger partial charge in [-0.05, 0) is 37.5 Å². The number of nitrogens with zero attached hydrogens (tertiary/aromatic N) is 5. The number of fused-ring (bicyclic) bond motifs is 1. The number of hydrogen-bond acceptors (Lipinski definition) is 5. The number of carbonyl (C=O) groups is 1. The third-order valence-electron chi connectivity index (χ3n) is 6.67. The molecule has 5 rings (SSSR count). The maximum Gasteiger partial charge on any atom is 0.243 e. The minimum atomic E-state index is -3.77. The summed E-state index contributed by atoms with van der Waals surface area (Å²) in [5.41, 5.74) is 0.949. The van der Waals surface area contributed by atoms with Crippen LogP contribution in [0, 0.1) is 12.8 Å². The van der Waals surface area contributed by atoms with Crippen LogP contribution in [0.2, 0.25) is 0 Å². The van der Waals surface area contributed by atoms with Crippen LogP contribution in [0.15, 0.2) is 65.6 Å². The van der Waals surface area contributed by atoms with Gasteiger partial charge in [0, 0.05) is 19.6 Å². The van der Waals surface area contributed by atoms with Gasteiger partial charge in [0.25, 0.3) is 0 Å². The third kappa shape index (κ3) is 4.06. The molecular weight excluding hydrogens is 438 g/mol. The number of benzene rings is 2. The Labute approximate surface area is 193 Å². The number of aryl methyl sites for hydroxylation is 1. The summed E-state index contributed by atoms with van der Waals surface area (Å²) in [6.07, 6.45) is 1.23. The molecule has 33 heavy (non-hydrogen) atoms. The molecule has 0 bridgehead atoms. The fraction of sp³-hybridized carbons (Fsp3) is 0.375. The predicted molar refractivity (Wildman–Crippen MR) is 122 cm³/mol. The summed E-state index contributed by atoms with van der Waals surface area (Å²) in [6, 6.07) is 17.9. The summed E-state index contributed by atoms with van der Waals surface area (Å²) in [5, 5.41) is 8.31. The Morgan fingerprint density at radius 2 is 1.64 bits per heavy atom. The molecular formula is C24H27N5O3S. The first-order chi connectivity index (χ1) is 15.9. The molecule has 0 spiro atoms. The lowest BCUT2D eigenvalue weighted by Gasteiger charge is -2.40. The molecule has 1 saturated heterocycles. The quantitative estimate of drug-likeness (QED) is 0.591. The SMILES string of the molecule is Cc1nnc2n1CCN(C(=O)[C@@H]1CC[C@H](c3ccccc3)N(S(=O)(=O)c3ccccc3)C1)C2. The van der Waals surface area contributed by atoms with Gasteiger partial charge in [-0.25, -0.2) is 8.42 Å². The van der Waals surface area contributed by atoms with Crippen LogP contribution >= 0.6 is 0 Å². The van der Waals surface area contributed by atoms with Crippen LogP contribution in [0.25, 0.3) is 0 Å². The lowest BCUT2D eigenvalue weighted by Crippen LogP contribution is -2.49. The number of piperidine rings is 1. The highest BCUT2D eigenvalue weighted by Gasteiger charge is 2.41. The molecule has 0 unspecified atom stereocenters. The van der Waals surface area contributed by atoms with E-state index in [9.17, 15) is 13.2 Å². The molecule has 8 nitrogen and oxygen atoms in total. The fourth-order valence-corrected chi connectivity index (χ4v) is 6.60. The van der Waals surface area contributed by atoms with E-state index in [1.165, 1.54) is 4.31 Å². The van der Waals surface area contributed by atoms with Gasteiger partial charge in [0.05, 0.1) is 23.4 Å². The molecule has 0 saturated carbocycles. The first-order valence-electron chi connectivity index (χ1n) is 11.2. The zero-order valence-electron chi connectivity index (χ0n) is 18.5. The van der Waals surface area contributed by atoms with E-state index in [4.69, 9.17) is 0 Å². The molecule has 1 amide bonds. The number of hydrogen-bond donors (Lipinski definition) is 0. The van der Waals surface area contributed by atoms with Gasteiger partial charge in [-0.3, -0.25) is 4.79 Å². The highest BCUT2D eigenvalue weighted by Crippen LogP contribution is 2.38. The normalized spacial score (nSPS) is 21.5. The summed E-state index contributed by atoms with van der Waals surface area (Å²) in [6.45, 7) is 3.72. The molecule has 172 valence electrons. The van der Waals surface area contributed by atoms with Crippen LogP contribution in [0.5, 0.6) is 0 Å². The topological polar surface area (TPSA) is 88.4 Å². The Bertz CT molecular complexity index is 1240. The smallest absolute Gasteiger partial charge is 0.243 e. The highest BCUT2D eigenvalue weighted by atomic mass is 32.2. The largest absolute Gasteiger partial charge is 0.333 e. The average Bonchev–Trinajstić information content (AvgIpc) is 3.24. The second kappa shape index (κ2) is 8.72. The first kappa shape index (κ1) is 21.8. The Morgan fingerprint density at radius 3 is 2.36 bits per heavy atom. The van der Waals surface area contributed by atoms with Gasteiger partial charge in [-0.1, -0.05) is 48.5 Å². The number of amides is 1. The van der Waals surface area contributed by atoms with Crippen LogP contribution in [0.1, 0.15) is 36.1 Å². The minimum absolute atomic E-state index is 0.0123. The van der Waals surface area contributed by atoms with Crippen molar-refractivity contribution in [3.8, 4) is 0 Å². The van der Waals surface area contributed by atoms with Crippen molar-refractivity contribution in [3.05, 3.63) is 77.9 Å². The molecule has 0 N–H and O–H groups in total. The highest BCUT2D eigenvalue weighted by molar-refractivity contribution is 7.89. The summed E-state index contributed by atoms with van der Waals surface area (Å²) in [4.78, 5) is 15.5. The number of rotatable bonds is 4. The standard InChI is InChI=1S/C24H27N5O3S/c1-18-25-26-23-17-27(14-15-28(18)23)24(30)20-12-13-22(19-8-4-2-5-9-19)29(16-20)33(31,32)21-10-6-3-7-11-21/h2-11,20,22H,12-17H2,1H3/t20-,22-/m1/s1. The van der Waals surface area contributed by atoms with Gasteiger partial charge < -0.3 is 9.47 Å². The summed E-state index contributed by atoms with van der Waals surface area (Å²) < 4.78 is 30.9. The maximum atomic E-state index is 13.7. The summed E-state index contributed by atoms with van der Waals surface area (Å²) >= 11 is 0. The monoisotopic (exact) mass is 465 g/mol. The zero-order valence-corrected chi connectivity index (χ0v) is 19.4. The summed E-state index contributed by atoms with van der Waals surface area (Å²) in [5.74, 6) is 1.22. The van der Waals surface area contributed by atoms with Crippen molar-refractivity contribution in [2.45, 2.75) is 43.8 Å². The van der Waals surface area contributed by atoms with Gasteiger partial charge in [-0.15, -0.1) is 10.2 Å². The van der Waals surface area contributed by atoms with Gasteiger partial charge in [0.15, 0.2) is 5.82 Å². The van der Waals surface area contributed by atoms with Crippen LogP contribution in [0.3, 0.4) is 0 Å². The molecule has 0 radical (unpaired) electrons. The van der Waals surface area contributed by atoms with Crippen LogP contribution in [-0.2, 0) is 27.9 Å². The Hall–Kier alpha value is -3.04. The Balaban J connectivity index is 1.42. The van der Waals surface area contributed by atoms with Crippen molar-refractivity contribution in [2.75, 3.05) is 13.1 Å². The molecule has 1 aromatic heterocycles. The van der Waals surface area contributed by atoms with Crippen molar-refractivity contribution in [3.63, 3.8) is 0 Å². The second-order valence-corrected chi connectivity index (χ2v) is 10.6. The summed E-state index contributed by atoms with van der Waals surface area (Å²) in [7, 11) is -3.77. The van der Waals surface area contributed by atoms with Gasteiger partial charge in [-0.2, -0.15) is 4.31 Å². The predicted octanol–water partition coefficient (Wildman–Crippen LogP) is 2.77. The molecule has 2 aliphatic rings. The van der Waals surface area contributed by atoms with E-state index in [1.807, 2.05) is 41.8 Å². The molecule has 1 fully saturated rings. The van der Waals surface area contributed by atoms with Crippen molar-refractivity contribution in [1.29, 1.82) is 0 Å². The van der Waals surface area contributed by atoms with E-state index < -0.39 is 10.0 Å². The van der Waals surface area contributed by atoms with E-state index in [2.05, 4.69) is 10.2 Å². The molecule has 0 aliphatic carbocycles. The second-order valence-electron chi connectivity index (χ2n) is 8.66. The first-order valence-corrected chi connectivity index (χ1v) is 12.7. The van der Waals surface area contributed by atoms with Gasteiger partial charge in [0.1, 0.15) is 5.82 Å². The zero-order chi connectivity index (χ0) is 23.0. The van der Waals surface area contributed by atoms with Crippen LogP contribution in [0.4, 0.5) is 0 Å². The van der Waals surface area contributed by atoms with Crippen LogP contribution < -0.4 is 0 Å². The molecule has 2 aromatic carbocycles. The fourth-order valence-electron chi connectivity index (χ4n) is 4.89. The Kier molecular flexibility index (Phi) is 5.76. The van der Waals surface area contributed by atoms with Gasteiger partial charge >= 0.3 is 0 Å². The maximum absolute atomic E-state index is 13.7. The van der Waals surface area contributed by atoms with Crippen molar-refractivity contribution < 1.29 is 13.2 Å². The molecule has 3 heterocycles. The number of carbonyl (C=O) groups excluding carboxylic acids is 1. The van der Waals surface area contributed by atoms with Crippen molar-refractivity contribution >= 4 is 15.9 Å². The van der Waals surface area contributed by atoms with E-state index in [1.54, 1.807) is 35.2 Å². The lowest BCUT2D eigenvalue weighted by molar-refractivity contribution is -0.138. The van der Waals surface area contributed by atoms with Gasteiger partial charge in [0.2, 0.25) is 15.9 Å². The number of sulfonamides is 1. The van der Waals surface area contributed by atoms with E-state index in [0.29, 0.717) is 32.5 Å². The van der Waals surface area contributed by atoms with Crippen molar-refractivity contribution in [2.24, 2.45) is 5.92 Å². The molecule has 2 aliphatic heterocycles. The average molecular weight is 466 g/mol. The molecule has 2 atom stereocenters. The molecule has 9 heteroatoms. The van der Waals surface area contributed by atoms with E-state index >= 15 is 0 Å². The number of aromatic nitrogens is 3. The molecule has 3 aromatic rings. The van der Waals surface area contributed by atoms with E-state index in [-0.39, 0.29) is 29.3 Å². The van der Waals surface area contributed by atoms with Crippen molar-refractivity contribution in [1.82, 2.24) is 24.0 Å². The van der Waals surface area contributed by atoms with Crippen LogP contribution in [-0.4, -0.2) is 51.4 Å². The minimum Gasteiger partial charge on any atom is -0.333 e. The third-order valence-corrected chi connectivity index (χ3v) is 8.56. The Morgan fingerprint density at radius 1 is 0.939 bits per heavy atom.